The molecule has 2 saturated carbocycles. The molecule has 2 aliphatic carbocycles. The Morgan fingerprint density at radius 2 is 1.83 bits per heavy atom. The van der Waals surface area contributed by atoms with Crippen LogP contribution in [0.15, 0.2) is 30.4 Å². The number of rotatable bonds is 5. The van der Waals surface area contributed by atoms with Gasteiger partial charge < -0.3 is 20.1 Å². The van der Waals surface area contributed by atoms with E-state index in [1.807, 2.05) is 33.8 Å². The van der Waals surface area contributed by atoms with E-state index in [0.717, 1.165) is 10.5 Å². The first kappa shape index (κ1) is 41.7. The summed E-state index contributed by atoms with van der Waals surface area (Å²) in [6.07, 6.45) is 0.667. The number of halogens is 3. The average Bonchev–Trinajstić information content (AvgIpc) is 4.01. The number of pyridine rings is 1. The Balaban J connectivity index is 1.30. The molecular formula is C41H52F3N5O8S. The molecule has 1 saturated heterocycles. The third-order valence-corrected chi connectivity index (χ3v) is 14.6. The number of sulfonamides is 1. The number of nitrogens with zero attached hydrogens (tertiary/aromatic N) is 3. The number of ether oxygens (including phenoxy) is 1. The highest BCUT2D eigenvalue weighted by Gasteiger charge is 2.64. The number of fused-ring (bicyclic) bond motifs is 5. The topological polar surface area (TPSA) is 175 Å². The van der Waals surface area contributed by atoms with Gasteiger partial charge >= 0.3 is 12.3 Å². The van der Waals surface area contributed by atoms with Gasteiger partial charge in [-0.25, -0.2) is 18.2 Å². The molecule has 1 spiro atoms. The summed E-state index contributed by atoms with van der Waals surface area (Å²) in [7, 11) is -4.10. The Morgan fingerprint density at radius 1 is 1.10 bits per heavy atom. The van der Waals surface area contributed by atoms with Crippen LogP contribution in [0.4, 0.5) is 18.0 Å². The lowest BCUT2D eigenvalue weighted by molar-refractivity contribution is -0.145. The molecule has 1 aromatic carbocycles. The van der Waals surface area contributed by atoms with Gasteiger partial charge in [-0.05, 0) is 82.8 Å². The number of benzene rings is 1. The molecule has 5 aliphatic rings. The van der Waals surface area contributed by atoms with Crippen molar-refractivity contribution in [1.29, 1.82) is 0 Å². The molecule has 7 rings (SSSR count). The summed E-state index contributed by atoms with van der Waals surface area (Å²) in [5.74, 6) is -3.49. The molecule has 13 nitrogen and oxygen atoms in total. The summed E-state index contributed by atoms with van der Waals surface area (Å²) in [6.45, 7) is 8.47. The smallest absolute Gasteiger partial charge is 0.437 e. The summed E-state index contributed by atoms with van der Waals surface area (Å²) in [5.41, 5.74) is -3.75. The van der Waals surface area contributed by atoms with Crippen LogP contribution in [0.25, 0.3) is 10.9 Å². The van der Waals surface area contributed by atoms with Crippen LogP contribution in [-0.2, 0) is 37.0 Å². The van der Waals surface area contributed by atoms with Crippen molar-refractivity contribution in [2.75, 3.05) is 13.1 Å². The van der Waals surface area contributed by atoms with Gasteiger partial charge in [0.15, 0.2) is 11.4 Å². The predicted octanol–water partition coefficient (Wildman–Crippen LogP) is 6.02. The Bertz CT molecular complexity index is 2180. The summed E-state index contributed by atoms with van der Waals surface area (Å²) in [5, 5.41) is 13.8. The van der Waals surface area contributed by atoms with Crippen LogP contribution in [0.1, 0.15) is 109 Å². The van der Waals surface area contributed by atoms with E-state index in [1.54, 1.807) is 18.2 Å². The Kier molecular flexibility index (Phi) is 10.4. The number of carbonyl (C=O) groups is 4. The van der Waals surface area contributed by atoms with Crippen molar-refractivity contribution in [2.24, 2.45) is 11.3 Å². The van der Waals surface area contributed by atoms with E-state index in [0.29, 0.717) is 49.5 Å². The summed E-state index contributed by atoms with van der Waals surface area (Å²) >= 11 is 0. The van der Waals surface area contributed by atoms with E-state index in [-0.39, 0.29) is 50.7 Å². The maximum Gasteiger partial charge on any atom is 0.437 e. The number of nitrogens with one attached hydrogen (secondary N) is 2. The van der Waals surface area contributed by atoms with Crippen LogP contribution in [0.5, 0.6) is 5.75 Å². The molecule has 17 heteroatoms. The van der Waals surface area contributed by atoms with Gasteiger partial charge in [-0.1, -0.05) is 57.4 Å². The zero-order valence-corrected chi connectivity index (χ0v) is 34.3. The number of hydrogen-bond donors (Lipinski definition) is 3. The van der Waals surface area contributed by atoms with E-state index in [1.165, 1.54) is 17.9 Å². The maximum absolute atomic E-state index is 15.0. The average molecular weight is 832 g/mol. The number of carboxylic acid groups (broad SMARTS) is 1. The van der Waals surface area contributed by atoms with E-state index in [9.17, 15) is 45.9 Å². The second-order valence-electron chi connectivity index (χ2n) is 18.5. The van der Waals surface area contributed by atoms with Crippen LogP contribution in [0.3, 0.4) is 0 Å². The number of amides is 4. The second kappa shape index (κ2) is 14.4. The molecular weight excluding hydrogens is 780 g/mol. The standard InChI is InChI=1S/C41H52F3N5O8S/c1-24-13-14-28-27(19-24)26-15-16-39(57-31(26)32(45-28)41(42,43)44)21-30-33(50)46-40(35(52)47-58(55,56)38(5)17-18-38)20-25(40)11-9-7-6-8-10-12-29(34(51)48(30)23-39)49(36(53)54)22-37(2,3)4/h9,11,13-14,19,25,29-30H,6-8,10,12,15-18,20-23H2,1-5H3,(H,46,50)(H,47,52)(H,53,54)/b11-9-/t25-,29+,30+,39-,40-/m1/s1. The fraction of sp³-hybridized carbons (Fsp3) is 0.634. The van der Waals surface area contributed by atoms with Crippen molar-refractivity contribution < 1.29 is 50.6 Å². The van der Waals surface area contributed by atoms with E-state index < -0.39 is 90.8 Å². The van der Waals surface area contributed by atoms with E-state index >= 15 is 0 Å². The Labute approximate surface area is 336 Å². The van der Waals surface area contributed by atoms with Crippen LogP contribution in [0, 0.1) is 18.3 Å². The Morgan fingerprint density at radius 3 is 2.48 bits per heavy atom. The van der Waals surface area contributed by atoms with Gasteiger partial charge in [-0.15, -0.1) is 0 Å². The lowest BCUT2D eigenvalue weighted by Crippen LogP contribution is -2.59. The van der Waals surface area contributed by atoms with Crippen molar-refractivity contribution in [3.63, 3.8) is 0 Å². The highest BCUT2D eigenvalue weighted by molar-refractivity contribution is 7.91. The second-order valence-corrected chi connectivity index (χ2v) is 20.7. The number of alkyl halides is 3. The first-order valence-corrected chi connectivity index (χ1v) is 21.5. The van der Waals surface area contributed by atoms with Crippen molar-refractivity contribution in [2.45, 2.75) is 139 Å². The largest absolute Gasteiger partial charge is 0.483 e. The van der Waals surface area contributed by atoms with Gasteiger partial charge in [-0.2, -0.15) is 13.2 Å². The van der Waals surface area contributed by atoms with Gasteiger partial charge in [0.25, 0.3) is 5.91 Å². The lowest BCUT2D eigenvalue weighted by atomic mass is 9.86. The molecule has 2 aromatic rings. The van der Waals surface area contributed by atoms with Crippen molar-refractivity contribution in [3.8, 4) is 5.75 Å². The third-order valence-electron chi connectivity index (χ3n) is 12.5. The minimum atomic E-state index is -4.91. The fourth-order valence-electron chi connectivity index (χ4n) is 8.79. The van der Waals surface area contributed by atoms with Gasteiger partial charge in [0.2, 0.25) is 21.8 Å². The van der Waals surface area contributed by atoms with Gasteiger partial charge in [0.1, 0.15) is 23.2 Å². The highest BCUT2D eigenvalue weighted by Crippen LogP contribution is 2.50. The molecule has 4 amide bonds. The molecule has 1 aromatic heterocycles. The molecule has 0 bridgehead atoms. The lowest BCUT2D eigenvalue weighted by Gasteiger charge is -2.38. The van der Waals surface area contributed by atoms with Crippen LogP contribution in [0.2, 0.25) is 0 Å². The normalized spacial score (nSPS) is 29.2. The summed E-state index contributed by atoms with van der Waals surface area (Å²) in [6, 6.07) is 2.28. The van der Waals surface area contributed by atoms with Crippen molar-refractivity contribution in [3.05, 3.63) is 47.2 Å². The molecule has 3 fully saturated rings. The van der Waals surface area contributed by atoms with E-state index in [2.05, 4.69) is 15.0 Å². The minimum Gasteiger partial charge on any atom is -0.483 e. The summed E-state index contributed by atoms with van der Waals surface area (Å²) in [4.78, 5) is 62.8. The van der Waals surface area contributed by atoms with Gasteiger partial charge in [-0.3, -0.25) is 24.0 Å². The van der Waals surface area contributed by atoms with Gasteiger partial charge in [0.05, 0.1) is 16.8 Å². The molecule has 3 aliphatic heterocycles. The number of aryl methyl sites for hydroxylation is 2. The number of carbonyl (C=O) groups excluding carboxylic acids is 3. The third kappa shape index (κ3) is 7.86. The first-order valence-electron chi connectivity index (χ1n) is 20.0. The molecule has 316 valence electrons. The molecule has 58 heavy (non-hydrogen) atoms. The number of aromatic nitrogens is 1. The first-order chi connectivity index (χ1) is 27.0. The molecule has 3 N–H and O–H groups in total. The zero-order valence-electron chi connectivity index (χ0n) is 33.5. The van der Waals surface area contributed by atoms with Crippen LogP contribution < -0.4 is 14.8 Å². The quantitative estimate of drug-likeness (QED) is 0.305. The SMILES string of the molecule is Cc1ccc2nc(C(F)(F)F)c3c(c2c1)CC[C@]1(C[C@H]2C(=O)N[C@]4(C(=O)NS(=O)(=O)C5(C)CC5)C[C@H]4/C=C\CCCCC[C@H](N(CC(C)(C)C)C(=O)O)C(=O)N2C1)O3. The molecule has 0 radical (unpaired) electrons. The molecule has 0 unspecified atom stereocenters. The fourth-order valence-corrected chi connectivity index (χ4v) is 10.1. The highest BCUT2D eigenvalue weighted by atomic mass is 32.2. The maximum atomic E-state index is 15.0. The molecule has 5 atom stereocenters. The van der Waals surface area contributed by atoms with Gasteiger partial charge in [0, 0.05) is 29.8 Å². The van der Waals surface area contributed by atoms with Crippen molar-refractivity contribution >= 4 is 44.7 Å². The molecule has 4 heterocycles. The predicted molar refractivity (Wildman–Crippen MR) is 207 cm³/mol. The zero-order chi connectivity index (χ0) is 42.2. The van der Waals surface area contributed by atoms with Crippen LogP contribution >= 0.6 is 0 Å². The monoisotopic (exact) mass is 831 g/mol. The van der Waals surface area contributed by atoms with Crippen LogP contribution in [-0.4, -0.2) is 93.2 Å². The summed E-state index contributed by atoms with van der Waals surface area (Å²) < 4.78 is 78.2. The number of hydrogen-bond acceptors (Lipinski definition) is 8. The Hall–Kier alpha value is -4.41. The van der Waals surface area contributed by atoms with E-state index in [4.69, 9.17) is 4.74 Å². The van der Waals surface area contributed by atoms with Crippen molar-refractivity contribution in [1.82, 2.24) is 24.8 Å². The number of allylic oxidation sites excluding steroid dienone is 1. The minimum absolute atomic E-state index is 0.0212.